The van der Waals surface area contributed by atoms with E-state index in [1.165, 1.54) is 25.7 Å². The van der Waals surface area contributed by atoms with E-state index in [2.05, 4.69) is 43.2 Å². The first-order chi connectivity index (χ1) is 13.7. The Balaban J connectivity index is 2.62. The second-order valence-corrected chi connectivity index (χ2v) is 6.71. The molecule has 0 amide bonds. The number of aliphatic hydroxyl groups excluding tert-OH is 2. The largest absolute Gasteiger partial charge is 0.395 e. The minimum atomic E-state index is 0.0688. The Hall–Kier alpha value is -2.14. The lowest BCUT2D eigenvalue weighted by Gasteiger charge is -2.22. The Bertz CT molecular complexity index is 612. The van der Waals surface area contributed by atoms with Gasteiger partial charge >= 0.3 is 0 Å². The molecule has 0 fully saturated rings. The Morgan fingerprint density at radius 1 is 1.04 bits per heavy atom. The number of allylic oxidation sites excluding steroid dienone is 5. The van der Waals surface area contributed by atoms with E-state index in [-0.39, 0.29) is 13.2 Å². The van der Waals surface area contributed by atoms with Crippen molar-refractivity contribution in [2.24, 2.45) is 0 Å². The van der Waals surface area contributed by atoms with Gasteiger partial charge in [0.15, 0.2) is 0 Å². The zero-order valence-corrected chi connectivity index (χ0v) is 17.3. The number of rotatable bonds is 15. The van der Waals surface area contributed by atoms with Crippen molar-refractivity contribution in [1.82, 2.24) is 0 Å². The molecule has 28 heavy (non-hydrogen) atoms. The van der Waals surface area contributed by atoms with Gasteiger partial charge in [-0.25, -0.2) is 0 Å². The molecular weight excluding hydrogens is 348 g/mol. The molecule has 0 heterocycles. The molecule has 0 saturated carbocycles. The molecule has 1 aromatic carbocycles. The van der Waals surface area contributed by atoms with Gasteiger partial charge in [-0.1, -0.05) is 62.8 Å². The van der Waals surface area contributed by atoms with Crippen molar-refractivity contribution in [3.05, 3.63) is 72.5 Å². The second kappa shape index (κ2) is 15.9. The topological polar surface area (TPSA) is 60.3 Å². The Morgan fingerprint density at radius 3 is 2.36 bits per heavy atom. The Morgan fingerprint density at radius 2 is 1.75 bits per heavy atom. The van der Waals surface area contributed by atoms with Crippen LogP contribution in [0.3, 0.4) is 0 Å². The molecule has 4 N–H and O–H groups in total. The number of hydrogen-bond acceptors (Lipinski definition) is 3. The average molecular weight is 386 g/mol. The zero-order chi connectivity index (χ0) is 20.5. The zero-order valence-electron chi connectivity index (χ0n) is 17.3. The Labute approximate surface area is 170 Å². The fraction of sp³-hybridized carbons (Fsp3) is 0.417. The van der Waals surface area contributed by atoms with Gasteiger partial charge in [-0.2, -0.15) is 0 Å². The number of nitrogens with zero attached hydrogens (tertiary/aromatic N) is 1. The highest BCUT2D eigenvalue weighted by molar-refractivity contribution is 5.59. The number of benzene rings is 1. The van der Waals surface area contributed by atoms with Gasteiger partial charge in [0.1, 0.15) is 0 Å². The van der Waals surface area contributed by atoms with Gasteiger partial charge in [0.05, 0.1) is 26.0 Å². The predicted octanol–water partition coefficient (Wildman–Crippen LogP) is 3.26. The van der Waals surface area contributed by atoms with Crippen molar-refractivity contribution in [3.63, 3.8) is 0 Å². The molecule has 154 valence electrons. The van der Waals surface area contributed by atoms with E-state index in [4.69, 9.17) is 10.2 Å². The lowest BCUT2D eigenvalue weighted by Crippen LogP contribution is -2.78. The van der Waals surface area contributed by atoms with E-state index in [0.717, 1.165) is 23.4 Å². The van der Waals surface area contributed by atoms with Crippen LogP contribution in [0.1, 0.15) is 38.2 Å². The lowest BCUT2D eigenvalue weighted by atomic mass is 10.1. The van der Waals surface area contributed by atoms with Crippen molar-refractivity contribution in [3.8, 4) is 0 Å². The predicted molar refractivity (Wildman–Crippen MR) is 120 cm³/mol. The van der Waals surface area contributed by atoms with Crippen LogP contribution in [0, 0.1) is 0 Å². The van der Waals surface area contributed by atoms with Gasteiger partial charge in [-0.05, 0) is 42.2 Å². The lowest BCUT2D eigenvalue weighted by molar-refractivity contribution is -0.588. The summed E-state index contributed by atoms with van der Waals surface area (Å²) in [5.41, 5.74) is 3.20. The number of quaternary nitrogens is 1. The molecule has 4 heteroatoms. The number of unbranched alkanes of at least 4 members (excludes halogenated alkanes) is 3. The summed E-state index contributed by atoms with van der Waals surface area (Å²) in [5.74, 6) is 0. The molecule has 0 saturated heterocycles. The number of aliphatic hydroxyl groups is 2. The van der Waals surface area contributed by atoms with E-state index in [0.29, 0.717) is 13.1 Å². The summed E-state index contributed by atoms with van der Waals surface area (Å²) in [6, 6.07) is 8.12. The molecule has 0 bridgehead atoms. The van der Waals surface area contributed by atoms with Gasteiger partial charge in [0, 0.05) is 18.8 Å². The third kappa shape index (κ3) is 10.3. The molecule has 1 aromatic rings. The van der Waals surface area contributed by atoms with E-state index in [1.54, 1.807) is 6.08 Å². The van der Waals surface area contributed by atoms with Gasteiger partial charge in [-0.15, -0.1) is 0 Å². The van der Waals surface area contributed by atoms with Crippen LogP contribution >= 0.6 is 0 Å². The van der Waals surface area contributed by atoms with Crippen LogP contribution in [-0.4, -0.2) is 43.1 Å². The minimum absolute atomic E-state index is 0.0688. The minimum Gasteiger partial charge on any atom is -0.395 e. The molecule has 0 radical (unpaired) electrons. The summed E-state index contributed by atoms with van der Waals surface area (Å²) in [6.45, 7) is 8.33. The van der Waals surface area contributed by atoms with E-state index < -0.39 is 0 Å². The molecule has 0 aliphatic carbocycles. The van der Waals surface area contributed by atoms with E-state index >= 15 is 0 Å². The first-order valence-electron chi connectivity index (χ1n) is 10.3. The first kappa shape index (κ1) is 23.9. The van der Waals surface area contributed by atoms with Crippen LogP contribution in [0.5, 0.6) is 0 Å². The van der Waals surface area contributed by atoms with Crippen LogP contribution in [0.2, 0.25) is 0 Å². The first-order valence-corrected chi connectivity index (χ1v) is 10.3. The molecule has 0 aliphatic heterocycles. The molecule has 0 atom stereocenters. The van der Waals surface area contributed by atoms with Crippen LogP contribution in [0.15, 0.2) is 66.9 Å². The number of anilines is 1. The molecular formula is C24H37N2O2+. The highest BCUT2D eigenvalue weighted by atomic mass is 16.3. The number of nitrogens with two attached hydrogens (primary N) is 1. The third-order valence-corrected chi connectivity index (χ3v) is 4.43. The van der Waals surface area contributed by atoms with Crippen LogP contribution in [0.25, 0.3) is 6.08 Å². The maximum absolute atomic E-state index is 9.16. The summed E-state index contributed by atoms with van der Waals surface area (Å²) in [5, 5.41) is 20.5. The van der Waals surface area contributed by atoms with Gasteiger partial charge in [0.25, 0.3) is 0 Å². The van der Waals surface area contributed by atoms with Crippen molar-refractivity contribution in [2.75, 3.05) is 37.7 Å². The maximum Gasteiger partial charge on any atom is 0.0931 e. The molecule has 0 unspecified atom stereocenters. The summed E-state index contributed by atoms with van der Waals surface area (Å²) >= 11 is 0. The molecule has 1 rings (SSSR count). The summed E-state index contributed by atoms with van der Waals surface area (Å²) in [7, 11) is 0. The van der Waals surface area contributed by atoms with Crippen molar-refractivity contribution < 1.29 is 15.5 Å². The van der Waals surface area contributed by atoms with Gasteiger partial charge < -0.3 is 20.4 Å². The molecule has 0 aromatic heterocycles. The SMILES string of the molecule is C=C/C=C(\C=C/[NH2+]CCCCCC)/C=C/c1ccc(N(CCO)CCO)cc1. The van der Waals surface area contributed by atoms with E-state index in [1.807, 2.05) is 35.2 Å². The average Bonchev–Trinajstić information content (AvgIpc) is 2.71. The molecule has 0 aliphatic rings. The molecule has 0 spiro atoms. The van der Waals surface area contributed by atoms with Crippen molar-refractivity contribution in [2.45, 2.75) is 32.6 Å². The third-order valence-electron chi connectivity index (χ3n) is 4.43. The van der Waals surface area contributed by atoms with Crippen LogP contribution < -0.4 is 10.2 Å². The quantitative estimate of drug-likeness (QED) is 0.321. The van der Waals surface area contributed by atoms with Crippen molar-refractivity contribution in [1.29, 1.82) is 0 Å². The summed E-state index contributed by atoms with van der Waals surface area (Å²) in [4.78, 5) is 1.97. The maximum atomic E-state index is 9.16. The monoisotopic (exact) mass is 385 g/mol. The van der Waals surface area contributed by atoms with Crippen LogP contribution in [0.4, 0.5) is 5.69 Å². The highest BCUT2D eigenvalue weighted by Crippen LogP contribution is 2.16. The fourth-order valence-electron chi connectivity index (χ4n) is 2.87. The second-order valence-electron chi connectivity index (χ2n) is 6.71. The number of hydrogen-bond donors (Lipinski definition) is 3. The Kier molecular flexibility index (Phi) is 13.5. The van der Waals surface area contributed by atoms with Crippen molar-refractivity contribution >= 4 is 11.8 Å². The summed E-state index contributed by atoms with van der Waals surface area (Å²) in [6.07, 6.45) is 17.3. The molecule has 4 nitrogen and oxygen atoms in total. The van der Waals surface area contributed by atoms with Crippen LogP contribution in [-0.2, 0) is 0 Å². The standard InChI is InChI=1S/C24H36N2O2/c1-3-5-6-7-16-25-17-15-22(8-4-2)9-10-23-11-13-24(14-12-23)26(18-20-27)19-21-28/h4,8-15,17,25,27-28H,2-3,5-7,16,18-21H2,1H3/p+1/b10-9+,17-15-,22-8-. The smallest absolute Gasteiger partial charge is 0.0931 e. The highest BCUT2D eigenvalue weighted by Gasteiger charge is 2.04. The normalized spacial score (nSPS) is 12.2. The van der Waals surface area contributed by atoms with Gasteiger partial charge in [0.2, 0.25) is 0 Å². The fourth-order valence-corrected chi connectivity index (χ4v) is 2.87. The summed E-state index contributed by atoms with van der Waals surface area (Å²) < 4.78 is 0. The van der Waals surface area contributed by atoms with E-state index in [9.17, 15) is 0 Å². The van der Waals surface area contributed by atoms with Gasteiger partial charge in [-0.3, -0.25) is 0 Å².